The lowest BCUT2D eigenvalue weighted by atomic mass is 10.1. The van der Waals surface area contributed by atoms with E-state index < -0.39 is 19.7 Å². The summed E-state index contributed by atoms with van der Waals surface area (Å²) in [6, 6.07) is 31.4. The zero-order chi connectivity index (χ0) is 39.1. The standard InChI is InChI=1S/C21H19N3O3S.C20H19N3O4S/c25-21(24-14-17-10-11-22-13-18(17)15-24)23-12-16-6-8-20(9-7-16)28(26,27)19-4-2-1-3-5-19;24-20(23-11-10-19-16(14-23)13-22-27-19)21-12-15-6-8-18(9-7-15)28(25,26)17-4-2-1-3-5-17/h1-11,13H,12,14-15H2,(H,23,25);1-9,13H,10-12,14H2,(H,21,24). The number of amides is 4. The molecule has 2 N–H and O–H groups in total. The van der Waals surface area contributed by atoms with Crippen LogP contribution in [0.1, 0.15) is 33.6 Å². The average Bonchev–Trinajstić information content (AvgIpc) is 3.91. The fourth-order valence-electron chi connectivity index (χ4n) is 6.30. The van der Waals surface area contributed by atoms with Crippen molar-refractivity contribution in [3.05, 3.63) is 167 Å². The Hall–Kier alpha value is -6.32. The van der Waals surface area contributed by atoms with Gasteiger partial charge in [-0.05, 0) is 76.9 Å². The predicted octanol–water partition coefficient (Wildman–Crippen LogP) is 5.92. The van der Waals surface area contributed by atoms with E-state index in [0.29, 0.717) is 45.7 Å². The molecule has 4 aromatic carbocycles. The van der Waals surface area contributed by atoms with Crippen LogP contribution in [0, 0.1) is 0 Å². The topological polar surface area (TPSA) is 172 Å². The van der Waals surface area contributed by atoms with Gasteiger partial charge in [-0.25, -0.2) is 26.4 Å². The predicted molar refractivity (Wildman–Crippen MR) is 205 cm³/mol. The van der Waals surface area contributed by atoms with Gasteiger partial charge in [0.25, 0.3) is 0 Å². The van der Waals surface area contributed by atoms with Crippen molar-refractivity contribution in [2.24, 2.45) is 0 Å². The SMILES string of the molecule is O=C(NCc1ccc(S(=O)(=O)c2ccccc2)cc1)N1CCc2oncc2C1.O=C(NCc1ccc(S(=O)(=O)c2ccccc2)cc1)N1Cc2ccncc2C1. The van der Waals surface area contributed by atoms with Gasteiger partial charge in [0.05, 0.1) is 32.3 Å². The molecule has 8 rings (SSSR count). The second kappa shape index (κ2) is 16.6. The Labute approximate surface area is 324 Å². The van der Waals surface area contributed by atoms with Gasteiger partial charge in [-0.1, -0.05) is 65.8 Å². The van der Waals surface area contributed by atoms with Crippen molar-refractivity contribution >= 4 is 31.7 Å². The maximum absolute atomic E-state index is 12.6. The van der Waals surface area contributed by atoms with Crippen LogP contribution in [0.3, 0.4) is 0 Å². The van der Waals surface area contributed by atoms with Crippen LogP contribution >= 0.6 is 0 Å². The third-order valence-corrected chi connectivity index (χ3v) is 13.0. The lowest BCUT2D eigenvalue weighted by Gasteiger charge is -2.25. The van der Waals surface area contributed by atoms with Gasteiger partial charge in [0, 0.05) is 57.1 Å². The molecule has 6 aromatic rings. The molecule has 0 spiro atoms. The minimum atomic E-state index is -3.54. The Morgan fingerprint density at radius 1 is 0.571 bits per heavy atom. The highest BCUT2D eigenvalue weighted by Gasteiger charge is 2.25. The van der Waals surface area contributed by atoms with Gasteiger partial charge >= 0.3 is 12.1 Å². The second-order valence-electron chi connectivity index (χ2n) is 13.2. The van der Waals surface area contributed by atoms with E-state index in [0.717, 1.165) is 33.6 Å². The summed E-state index contributed by atoms with van der Waals surface area (Å²) in [5, 5.41) is 9.51. The molecule has 0 aliphatic carbocycles. The molecule has 56 heavy (non-hydrogen) atoms. The fourth-order valence-corrected chi connectivity index (χ4v) is 8.86. The number of carbonyl (C=O) groups is 2. The molecule has 0 bridgehead atoms. The molecule has 0 unspecified atom stereocenters. The number of carbonyl (C=O) groups excluding carboxylic acids is 2. The summed E-state index contributed by atoms with van der Waals surface area (Å²) in [6.07, 6.45) is 5.80. The van der Waals surface area contributed by atoms with Crippen molar-refractivity contribution in [2.75, 3.05) is 6.54 Å². The van der Waals surface area contributed by atoms with Crippen LogP contribution < -0.4 is 10.6 Å². The van der Waals surface area contributed by atoms with E-state index in [2.05, 4.69) is 20.8 Å². The minimum Gasteiger partial charge on any atom is -0.361 e. The Bertz CT molecular complexity index is 2380. The zero-order valence-corrected chi connectivity index (χ0v) is 31.7. The van der Waals surface area contributed by atoms with Crippen molar-refractivity contribution in [3.63, 3.8) is 0 Å². The maximum Gasteiger partial charge on any atom is 0.318 e. The third-order valence-electron chi connectivity index (χ3n) is 9.46. The number of fused-ring (bicyclic) bond motifs is 2. The summed E-state index contributed by atoms with van der Waals surface area (Å²) in [7, 11) is -7.07. The lowest BCUT2D eigenvalue weighted by Crippen LogP contribution is -2.42. The van der Waals surface area contributed by atoms with E-state index in [-0.39, 0.29) is 31.6 Å². The molecule has 286 valence electrons. The number of urea groups is 2. The van der Waals surface area contributed by atoms with Gasteiger partial charge in [0.1, 0.15) is 5.76 Å². The van der Waals surface area contributed by atoms with E-state index in [1.54, 1.807) is 138 Å². The smallest absolute Gasteiger partial charge is 0.318 e. The molecule has 0 saturated carbocycles. The first-order valence-corrected chi connectivity index (χ1v) is 20.7. The highest BCUT2D eigenvalue weighted by molar-refractivity contribution is 7.91. The first kappa shape index (κ1) is 38.0. The quantitative estimate of drug-likeness (QED) is 0.190. The Morgan fingerprint density at radius 3 is 1.59 bits per heavy atom. The van der Waals surface area contributed by atoms with Gasteiger partial charge in [0.2, 0.25) is 19.7 Å². The van der Waals surface area contributed by atoms with E-state index in [4.69, 9.17) is 4.52 Å². The number of benzene rings is 4. The highest BCUT2D eigenvalue weighted by atomic mass is 32.2. The number of hydrogen-bond donors (Lipinski definition) is 2. The number of aromatic nitrogens is 2. The molecule has 0 fully saturated rings. The van der Waals surface area contributed by atoms with Crippen molar-refractivity contribution < 1.29 is 30.9 Å². The number of sulfone groups is 2. The first-order valence-electron chi connectivity index (χ1n) is 17.8. The van der Waals surface area contributed by atoms with Gasteiger partial charge in [0.15, 0.2) is 0 Å². The molecule has 0 radical (unpaired) electrons. The molecule has 4 heterocycles. The molecule has 0 atom stereocenters. The van der Waals surface area contributed by atoms with Crippen molar-refractivity contribution in [1.29, 1.82) is 0 Å². The van der Waals surface area contributed by atoms with Crippen LogP contribution in [-0.4, -0.2) is 55.4 Å². The number of pyridine rings is 1. The number of hydrogen-bond acceptors (Lipinski definition) is 9. The molecule has 2 aliphatic heterocycles. The van der Waals surface area contributed by atoms with Crippen LogP contribution in [0.2, 0.25) is 0 Å². The van der Waals surface area contributed by atoms with Crippen LogP contribution in [0.25, 0.3) is 0 Å². The molecule has 15 heteroatoms. The minimum absolute atomic E-state index is 0.155. The van der Waals surface area contributed by atoms with E-state index in [1.165, 1.54) is 0 Å². The monoisotopic (exact) mass is 790 g/mol. The van der Waals surface area contributed by atoms with E-state index in [1.807, 2.05) is 6.07 Å². The summed E-state index contributed by atoms with van der Waals surface area (Å²) in [6.45, 7) is 2.80. The molecule has 0 saturated heterocycles. The van der Waals surface area contributed by atoms with Crippen LogP contribution in [-0.2, 0) is 58.8 Å². The Morgan fingerprint density at radius 2 is 1.05 bits per heavy atom. The van der Waals surface area contributed by atoms with Gasteiger partial charge in [-0.3, -0.25) is 4.98 Å². The molecule has 2 aromatic heterocycles. The van der Waals surface area contributed by atoms with E-state index in [9.17, 15) is 26.4 Å². The molecule has 4 amide bonds. The van der Waals surface area contributed by atoms with Crippen LogP contribution in [0.4, 0.5) is 9.59 Å². The highest BCUT2D eigenvalue weighted by Crippen LogP contribution is 2.24. The Balaban J connectivity index is 0.000000172. The van der Waals surface area contributed by atoms with Crippen molar-refractivity contribution in [1.82, 2.24) is 30.6 Å². The van der Waals surface area contributed by atoms with Crippen molar-refractivity contribution in [3.8, 4) is 0 Å². The largest absolute Gasteiger partial charge is 0.361 e. The number of rotatable bonds is 8. The van der Waals surface area contributed by atoms with Crippen molar-refractivity contribution in [2.45, 2.75) is 58.7 Å². The molecular formula is C41H38N6O7S2. The summed E-state index contributed by atoms with van der Waals surface area (Å²) >= 11 is 0. The number of nitrogens with zero attached hydrogens (tertiary/aromatic N) is 4. The van der Waals surface area contributed by atoms with Gasteiger partial charge < -0.3 is 25.0 Å². The summed E-state index contributed by atoms with van der Waals surface area (Å²) in [5.41, 5.74) is 4.76. The van der Waals surface area contributed by atoms with Crippen LogP contribution in [0.5, 0.6) is 0 Å². The van der Waals surface area contributed by atoms with Gasteiger partial charge in [-0.2, -0.15) is 0 Å². The zero-order valence-electron chi connectivity index (χ0n) is 30.1. The molecular weight excluding hydrogens is 753 g/mol. The second-order valence-corrected chi connectivity index (χ2v) is 17.1. The third kappa shape index (κ3) is 8.64. The molecule has 2 aliphatic rings. The normalized spacial score (nSPS) is 13.5. The van der Waals surface area contributed by atoms with E-state index >= 15 is 0 Å². The average molecular weight is 791 g/mol. The summed E-state index contributed by atoms with van der Waals surface area (Å²) in [4.78, 5) is 33.3. The van der Waals surface area contributed by atoms with Gasteiger partial charge in [-0.15, -0.1) is 0 Å². The summed E-state index contributed by atoms with van der Waals surface area (Å²) < 4.78 is 55.6. The lowest BCUT2D eigenvalue weighted by molar-refractivity contribution is 0.188. The van der Waals surface area contributed by atoms with Crippen LogP contribution in [0.15, 0.2) is 158 Å². The Kier molecular flexibility index (Phi) is 11.2. The first-order chi connectivity index (χ1) is 27.1. The number of nitrogens with one attached hydrogen (secondary N) is 2. The summed E-state index contributed by atoms with van der Waals surface area (Å²) in [5.74, 6) is 0.833. The maximum atomic E-state index is 12.6. The fraction of sp³-hybridized carbons (Fsp3) is 0.171. The molecule has 13 nitrogen and oxygen atoms in total.